The Bertz CT molecular complexity index is 921. The van der Waals surface area contributed by atoms with Crippen LogP contribution in [0.25, 0.3) is 6.08 Å². The van der Waals surface area contributed by atoms with Crippen LogP contribution in [0.15, 0.2) is 47.4 Å². The van der Waals surface area contributed by atoms with E-state index in [1.54, 1.807) is 24.3 Å². The normalized spacial score (nSPS) is 15.9. The number of non-ortho nitro benzene ring substituents is 1. The van der Waals surface area contributed by atoms with Crippen LogP contribution in [0.5, 0.6) is 5.75 Å². The van der Waals surface area contributed by atoms with Crippen molar-refractivity contribution >= 4 is 40.4 Å². The highest BCUT2D eigenvalue weighted by molar-refractivity contribution is 8.19. The zero-order valence-corrected chi connectivity index (χ0v) is 13.8. The van der Waals surface area contributed by atoms with E-state index < -0.39 is 16.1 Å². The topological polar surface area (TPSA) is 101 Å². The molecule has 0 unspecified atom stereocenters. The van der Waals surface area contributed by atoms with Gasteiger partial charge in [0.15, 0.2) is 0 Å². The van der Waals surface area contributed by atoms with Gasteiger partial charge >= 0.3 is 0 Å². The number of nitrogens with zero attached hydrogens (tertiary/aromatic N) is 2. The van der Waals surface area contributed by atoms with Crippen molar-refractivity contribution in [3.63, 3.8) is 0 Å². The Hall–Kier alpha value is -3.13. The van der Waals surface area contributed by atoms with Crippen molar-refractivity contribution in [2.75, 3.05) is 4.90 Å². The largest absolute Gasteiger partial charge is 0.507 e. The number of rotatable bonds is 3. The fraction of sp³-hybridized carbons (Fsp3) is 0.0588. The highest BCUT2D eigenvalue weighted by Crippen LogP contribution is 2.37. The summed E-state index contributed by atoms with van der Waals surface area (Å²) in [5, 5.41) is 20.2. The number of thioether (sulfide) groups is 1. The molecule has 0 atom stereocenters. The number of phenols is 1. The lowest BCUT2D eigenvalue weighted by Gasteiger charge is -2.12. The van der Waals surface area contributed by atoms with E-state index in [2.05, 4.69) is 0 Å². The number of hydrogen-bond acceptors (Lipinski definition) is 6. The Balaban J connectivity index is 1.97. The van der Waals surface area contributed by atoms with Crippen LogP contribution in [0.1, 0.15) is 11.1 Å². The van der Waals surface area contributed by atoms with Crippen LogP contribution >= 0.6 is 11.8 Å². The van der Waals surface area contributed by atoms with Crippen LogP contribution in [0.4, 0.5) is 16.2 Å². The number of amides is 2. The number of nitro groups is 1. The summed E-state index contributed by atoms with van der Waals surface area (Å²) < 4.78 is 0. The second-order valence-electron chi connectivity index (χ2n) is 5.35. The van der Waals surface area contributed by atoms with Gasteiger partial charge in [-0.25, -0.2) is 4.90 Å². The van der Waals surface area contributed by atoms with Crippen LogP contribution in [0, 0.1) is 17.0 Å². The lowest BCUT2D eigenvalue weighted by atomic mass is 10.1. The number of carbonyl (C=O) groups excluding carboxylic acids is 2. The van der Waals surface area contributed by atoms with Gasteiger partial charge in [-0.2, -0.15) is 0 Å². The van der Waals surface area contributed by atoms with Gasteiger partial charge in [0, 0.05) is 17.7 Å². The number of benzene rings is 2. The van der Waals surface area contributed by atoms with Crippen molar-refractivity contribution in [1.82, 2.24) is 0 Å². The molecule has 1 aliphatic rings. The quantitative estimate of drug-likeness (QED) is 0.509. The average molecular weight is 356 g/mol. The van der Waals surface area contributed by atoms with E-state index in [1.807, 2.05) is 6.92 Å². The molecule has 2 aromatic rings. The SMILES string of the molecule is Cc1ccc(N2C(=O)S/C(=C/c3cc([N+](=O)[O-])ccc3O)C2=O)cc1. The number of aryl methyl sites for hydroxylation is 1. The molecule has 1 N–H and O–H groups in total. The van der Waals surface area contributed by atoms with Gasteiger partial charge in [-0.05, 0) is 43.0 Å². The number of phenolic OH excluding ortho intramolecular Hbond substituents is 1. The molecule has 0 aromatic heterocycles. The van der Waals surface area contributed by atoms with E-state index in [0.29, 0.717) is 17.4 Å². The summed E-state index contributed by atoms with van der Waals surface area (Å²) in [5.74, 6) is -0.752. The molecule has 0 aliphatic carbocycles. The van der Waals surface area contributed by atoms with Gasteiger partial charge in [0.1, 0.15) is 5.75 Å². The molecule has 25 heavy (non-hydrogen) atoms. The second-order valence-corrected chi connectivity index (χ2v) is 6.35. The van der Waals surface area contributed by atoms with E-state index in [-0.39, 0.29) is 21.9 Å². The summed E-state index contributed by atoms with van der Waals surface area (Å²) in [4.78, 5) is 36.1. The van der Waals surface area contributed by atoms with Gasteiger partial charge in [0.2, 0.25) is 0 Å². The molecule has 1 saturated heterocycles. The zero-order valence-electron chi connectivity index (χ0n) is 13.0. The van der Waals surface area contributed by atoms with Crippen molar-refractivity contribution in [3.05, 3.63) is 68.6 Å². The van der Waals surface area contributed by atoms with Gasteiger partial charge in [-0.3, -0.25) is 19.7 Å². The molecule has 0 bridgehead atoms. The smallest absolute Gasteiger partial charge is 0.298 e. The summed E-state index contributed by atoms with van der Waals surface area (Å²) in [6, 6.07) is 10.4. The number of imide groups is 1. The fourth-order valence-electron chi connectivity index (χ4n) is 2.30. The molecule has 2 amide bonds. The number of hydrogen-bond donors (Lipinski definition) is 1. The molecule has 0 saturated carbocycles. The third-order valence-corrected chi connectivity index (χ3v) is 4.46. The van der Waals surface area contributed by atoms with Gasteiger partial charge < -0.3 is 5.11 Å². The van der Waals surface area contributed by atoms with Crippen molar-refractivity contribution < 1.29 is 19.6 Å². The number of anilines is 1. The molecule has 8 heteroatoms. The minimum absolute atomic E-state index is 0.0846. The summed E-state index contributed by atoms with van der Waals surface area (Å²) in [6.07, 6.45) is 1.28. The van der Waals surface area contributed by atoms with E-state index >= 15 is 0 Å². The predicted octanol–water partition coefficient (Wildman–Crippen LogP) is 3.85. The Kier molecular flexibility index (Phi) is 4.28. The fourth-order valence-corrected chi connectivity index (χ4v) is 3.13. The number of aromatic hydroxyl groups is 1. The summed E-state index contributed by atoms with van der Waals surface area (Å²) in [7, 11) is 0. The second kappa shape index (κ2) is 6.40. The monoisotopic (exact) mass is 356 g/mol. The van der Waals surface area contributed by atoms with Crippen LogP contribution in [0.2, 0.25) is 0 Å². The molecule has 2 aromatic carbocycles. The molecule has 7 nitrogen and oxygen atoms in total. The third-order valence-electron chi connectivity index (χ3n) is 3.59. The Morgan fingerprint density at radius 2 is 1.84 bits per heavy atom. The minimum Gasteiger partial charge on any atom is -0.507 e. The third kappa shape index (κ3) is 3.24. The number of carbonyl (C=O) groups is 2. The van der Waals surface area contributed by atoms with Gasteiger partial charge in [0.05, 0.1) is 15.5 Å². The van der Waals surface area contributed by atoms with Gasteiger partial charge in [0.25, 0.3) is 16.8 Å². The van der Waals surface area contributed by atoms with Crippen molar-refractivity contribution in [1.29, 1.82) is 0 Å². The first-order valence-electron chi connectivity index (χ1n) is 7.19. The van der Waals surface area contributed by atoms with Crippen LogP contribution in [-0.2, 0) is 4.79 Å². The number of nitro benzene ring substituents is 1. The Labute approximate surface area is 146 Å². The summed E-state index contributed by atoms with van der Waals surface area (Å²) in [5.41, 5.74) is 1.32. The summed E-state index contributed by atoms with van der Waals surface area (Å²) in [6.45, 7) is 1.89. The van der Waals surface area contributed by atoms with Crippen molar-refractivity contribution in [3.8, 4) is 5.75 Å². The maximum absolute atomic E-state index is 12.5. The summed E-state index contributed by atoms with van der Waals surface area (Å²) >= 11 is 0.716. The van der Waals surface area contributed by atoms with Gasteiger partial charge in [-0.1, -0.05) is 17.7 Å². The molecule has 0 spiro atoms. The van der Waals surface area contributed by atoms with Crippen LogP contribution < -0.4 is 4.90 Å². The average Bonchev–Trinajstić information content (AvgIpc) is 2.84. The minimum atomic E-state index is -0.602. The molecule has 1 fully saturated rings. The molecular formula is C17H12N2O5S. The van der Waals surface area contributed by atoms with Gasteiger partial charge in [-0.15, -0.1) is 0 Å². The molecule has 1 aliphatic heterocycles. The molecule has 126 valence electrons. The molecule has 3 rings (SSSR count). The van der Waals surface area contributed by atoms with Crippen LogP contribution in [0.3, 0.4) is 0 Å². The molecule has 1 heterocycles. The highest BCUT2D eigenvalue weighted by atomic mass is 32.2. The zero-order chi connectivity index (χ0) is 18.1. The maximum Gasteiger partial charge on any atom is 0.298 e. The lowest BCUT2D eigenvalue weighted by molar-refractivity contribution is -0.384. The molecular weight excluding hydrogens is 344 g/mol. The van der Waals surface area contributed by atoms with Crippen molar-refractivity contribution in [2.45, 2.75) is 6.92 Å². The first-order chi connectivity index (χ1) is 11.9. The van der Waals surface area contributed by atoms with Crippen LogP contribution in [-0.4, -0.2) is 21.2 Å². The maximum atomic E-state index is 12.5. The predicted molar refractivity (Wildman–Crippen MR) is 94.4 cm³/mol. The standard InChI is InChI=1S/C17H12N2O5S/c1-10-2-4-12(5-3-10)18-16(21)15(25-17(18)22)9-11-8-13(19(23)24)6-7-14(11)20/h2-9,20H,1H3/b15-9+. The highest BCUT2D eigenvalue weighted by Gasteiger charge is 2.36. The van der Waals surface area contributed by atoms with E-state index in [0.717, 1.165) is 22.6 Å². The first kappa shape index (κ1) is 16.7. The lowest BCUT2D eigenvalue weighted by Crippen LogP contribution is -2.27. The van der Waals surface area contributed by atoms with E-state index in [1.165, 1.54) is 12.1 Å². The molecule has 0 radical (unpaired) electrons. The first-order valence-corrected chi connectivity index (χ1v) is 8.00. The van der Waals surface area contributed by atoms with E-state index in [9.17, 15) is 24.8 Å². The van der Waals surface area contributed by atoms with E-state index in [4.69, 9.17) is 0 Å². The Morgan fingerprint density at radius 3 is 2.48 bits per heavy atom. The van der Waals surface area contributed by atoms with Crippen molar-refractivity contribution in [2.24, 2.45) is 0 Å². The Morgan fingerprint density at radius 1 is 1.16 bits per heavy atom.